The molecule has 4 aliphatic rings. The lowest BCUT2D eigenvalue weighted by Gasteiger charge is -2.63. The predicted octanol–water partition coefficient (Wildman–Crippen LogP) is 8.30. The van der Waals surface area contributed by atoms with E-state index in [-0.39, 0.29) is 5.97 Å². The Hall–Kier alpha value is -0.870. The van der Waals surface area contributed by atoms with Crippen molar-refractivity contribution in [2.75, 3.05) is 33.4 Å². The molecule has 8 atom stereocenters. The fourth-order valence-electron chi connectivity index (χ4n) is 10.3. The second-order valence-electron chi connectivity index (χ2n) is 15.3. The summed E-state index contributed by atoms with van der Waals surface area (Å²) in [7, 11) is 1.97. The summed E-state index contributed by atoms with van der Waals surface area (Å²) in [5.41, 5.74) is 3.01. The Kier molecular flexibility index (Phi) is 10.0. The summed E-state index contributed by atoms with van der Waals surface area (Å²) in [4.78, 5) is 13.8. The van der Waals surface area contributed by atoms with Crippen LogP contribution in [0.1, 0.15) is 119 Å². The maximum atomic E-state index is 11.7. The van der Waals surface area contributed by atoms with E-state index in [1.54, 1.807) is 5.57 Å². The molecule has 0 bridgehead atoms. The van der Waals surface area contributed by atoms with E-state index < -0.39 is 0 Å². The van der Waals surface area contributed by atoms with Gasteiger partial charge in [-0.15, -0.1) is 0 Å². The smallest absolute Gasteiger partial charge is 0.320 e. The van der Waals surface area contributed by atoms with Crippen LogP contribution in [0.2, 0.25) is 0 Å². The number of ether oxygens (including phenoxy) is 2. The van der Waals surface area contributed by atoms with Crippen molar-refractivity contribution in [3.63, 3.8) is 0 Å². The van der Waals surface area contributed by atoms with Gasteiger partial charge in [0, 0.05) is 6.54 Å². The van der Waals surface area contributed by atoms with Crippen LogP contribution in [0.15, 0.2) is 11.6 Å². The molecule has 4 heteroatoms. The first kappa shape index (κ1) is 31.1. The van der Waals surface area contributed by atoms with E-state index in [9.17, 15) is 4.79 Å². The molecule has 4 aliphatic carbocycles. The van der Waals surface area contributed by atoms with E-state index in [0.29, 0.717) is 42.1 Å². The molecular weight excluding hydrogens is 482 g/mol. The van der Waals surface area contributed by atoms with Crippen LogP contribution in [0.3, 0.4) is 0 Å². The lowest BCUT2D eigenvalue weighted by atomic mass is 9.41. The lowest BCUT2D eigenvalue weighted by Crippen LogP contribution is -2.56. The maximum Gasteiger partial charge on any atom is 0.320 e. The van der Waals surface area contributed by atoms with Gasteiger partial charge in [0.15, 0.2) is 0 Å². The Balaban J connectivity index is 1.36. The van der Waals surface area contributed by atoms with Gasteiger partial charge in [0.2, 0.25) is 0 Å². The molecule has 0 aromatic heterocycles. The van der Waals surface area contributed by atoms with E-state index in [0.717, 1.165) is 42.6 Å². The topological polar surface area (TPSA) is 38.8 Å². The first-order valence-electron chi connectivity index (χ1n) is 16.6. The summed E-state index contributed by atoms with van der Waals surface area (Å²) < 4.78 is 11.5. The highest BCUT2D eigenvalue weighted by Crippen LogP contribution is 2.72. The third-order valence-corrected chi connectivity index (χ3v) is 12.4. The molecule has 0 heterocycles. The van der Waals surface area contributed by atoms with Gasteiger partial charge in [0.25, 0.3) is 0 Å². The number of hydrogen-bond donors (Lipinski definition) is 0. The van der Waals surface area contributed by atoms with Crippen LogP contribution in [-0.4, -0.2) is 50.3 Å². The minimum Gasteiger partial charge on any atom is -0.465 e. The molecule has 0 spiro atoms. The van der Waals surface area contributed by atoms with Crippen LogP contribution in [0, 0.1) is 45.8 Å². The van der Waals surface area contributed by atoms with E-state index in [1.807, 2.05) is 18.9 Å². The lowest BCUT2D eigenvalue weighted by molar-refractivity contribution is -0.144. The van der Waals surface area contributed by atoms with E-state index in [4.69, 9.17) is 9.47 Å². The quantitative estimate of drug-likeness (QED) is 0.183. The van der Waals surface area contributed by atoms with Gasteiger partial charge in [0.05, 0.1) is 25.9 Å². The monoisotopic (exact) mass is 543 g/mol. The molecule has 39 heavy (non-hydrogen) atoms. The highest BCUT2D eigenvalue weighted by molar-refractivity contribution is 5.71. The normalized spacial score (nSPS) is 38.7. The van der Waals surface area contributed by atoms with Crippen LogP contribution in [-0.2, 0) is 14.3 Å². The highest BCUT2D eigenvalue weighted by atomic mass is 16.5. The van der Waals surface area contributed by atoms with Crippen molar-refractivity contribution in [3.05, 3.63) is 11.6 Å². The highest BCUT2D eigenvalue weighted by Gasteiger charge is 2.63. The average Bonchev–Trinajstić information content (AvgIpc) is 3.22. The van der Waals surface area contributed by atoms with Crippen LogP contribution >= 0.6 is 0 Å². The number of allylic oxidation sites excluding steroid dienone is 1. The van der Waals surface area contributed by atoms with Gasteiger partial charge in [-0.3, -0.25) is 9.69 Å². The molecule has 0 aromatic rings. The Bertz CT molecular complexity index is 868. The van der Waals surface area contributed by atoms with Crippen LogP contribution in [0.5, 0.6) is 0 Å². The molecule has 0 aromatic carbocycles. The number of fused-ring (bicyclic) bond motifs is 5. The van der Waals surface area contributed by atoms with Crippen molar-refractivity contribution in [2.45, 2.75) is 125 Å². The summed E-state index contributed by atoms with van der Waals surface area (Å²) >= 11 is 0. The minimum absolute atomic E-state index is 0.151. The zero-order valence-corrected chi connectivity index (χ0v) is 26.8. The molecule has 0 radical (unpaired) electrons. The molecule has 4 rings (SSSR count). The van der Waals surface area contributed by atoms with Gasteiger partial charge >= 0.3 is 5.97 Å². The molecule has 0 amide bonds. The largest absolute Gasteiger partial charge is 0.465 e. The molecule has 224 valence electrons. The third-order valence-electron chi connectivity index (χ3n) is 12.4. The minimum atomic E-state index is -0.151. The van der Waals surface area contributed by atoms with Gasteiger partial charge in [-0.05, 0) is 111 Å². The van der Waals surface area contributed by atoms with Gasteiger partial charge in [-0.25, -0.2) is 0 Å². The van der Waals surface area contributed by atoms with Crippen molar-refractivity contribution in [1.29, 1.82) is 0 Å². The summed E-state index contributed by atoms with van der Waals surface area (Å²) in [5.74, 6) is 4.15. The Morgan fingerprint density at radius 2 is 1.79 bits per heavy atom. The van der Waals surface area contributed by atoms with E-state index in [1.165, 1.54) is 64.2 Å². The fraction of sp³-hybridized carbons (Fsp3) is 0.914. The number of hydrogen-bond acceptors (Lipinski definition) is 4. The van der Waals surface area contributed by atoms with Crippen molar-refractivity contribution in [2.24, 2.45) is 45.8 Å². The Morgan fingerprint density at radius 3 is 2.51 bits per heavy atom. The van der Waals surface area contributed by atoms with Gasteiger partial charge in [-0.1, -0.05) is 72.5 Å². The molecule has 0 saturated heterocycles. The van der Waals surface area contributed by atoms with Crippen LogP contribution < -0.4 is 0 Å². The van der Waals surface area contributed by atoms with Crippen molar-refractivity contribution in [3.8, 4) is 0 Å². The number of carbonyl (C=O) groups is 1. The molecule has 0 N–H and O–H groups in total. The zero-order chi connectivity index (χ0) is 28.4. The summed E-state index contributed by atoms with van der Waals surface area (Å²) in [6.45, 7) is 19.4. The SMILES string of the molecule is CCOC(=O)CN(C)CCO[C@H]1CC[C@@]2(C)C(=CC[C@@]3(C)[C@@H]4CC[C@H]([C@H](C)CCCC(C)C)[C@@]4(C)CC[C@@H]32)C1. The molecular formula is C35H61NO3. The fourth-order valence-corrected chi connectivity index (χ4v) is 10.3. The third kappa shape index (κ3) is 6.32. The van der Waals surface area contributed by atoms with Crippen LogP contribution in [0.4, 0.5) is 0 Å². The van der Waals surface area contributed by atoms with Gasteiger partial charge < -0.3 is 9.47 Å². The number of esters is 1. The first-order chi connectivity index (χ1) is 18.4. The number of rotatable bonds is 12. The van der Waals surface area contributed by atoms with Crippen LogP contribution in [0.25, 0.3) is 0 Å². The second kappa shape index (κ2) is 12.6. The number of nitrogens with zero attached hydrogens (tertiary/aromatic N) is 1. The average molecular weight is 544 g/mol. The number of likely N-dealkylation sites (N-methyl/N-ethyl adjacent to an activating group) is 1. The summed E-state index contributed by atoms with van der Waals surface area (Å²) in [5, 5.41) is 0. The zero-order valence-electron chi connectivity index (χ0n) is 26.8. The van der Waals surface area contributed by atoms with E-state index >= 15 is 0 Å². The second-order valence-corrected chi connectivity index (χ2v) is 15.3. The van der Waals surface area contributed by atoms with Crippen molar-refractivity contribution >= 4 is 5.97 Å². The van der Waals surface area contributed by atoms with Crippen molar-refractivity contribution in [1.82, 2.24) is 4.90 Å². The van der Waals surface area contributed by atoms with Gasteiger partial charge in [-0.2, -0.15) is 0 Å². The maximum absolute atomic E-state index is 11.7. The first-order valence-corrected chi connectivity index (χ1v) is 16.6. The summed E-state index contributed by atoms with van der Waals surface area (Å²) in [6, 6.07) is 0. The molecule has 3 fully saturated rings. The molecule has 0 aliphatic heterocycles. The standard InChI is InChI=1S/C35H61NO3/c1-9-38-32(37)24-36(8)21-22-39-28-16-19-33(5)27(23-28)15-18-35(7)30-14-13-29(26(4)12-10-11-25(2)3)34(30,6)20-17-31(33)35/h15,25-26,28-31H,9-14,16-24H2,1-8H3/t26-,28+,29-,30-,31-,33+,34-,35+/m1/s1. The molecule has 3 saturated carbocycles. The molecule has 4 nitrogen and oxygen atoms in total. The Labute approximate surface area is 241 Å². The predicted molar refractivity (Wildman–Crippen MR) is 162 cm³/mol. The summed E-state index contributed by atoms with van der Waals surface area (Å²) in [6.07, 6.45) is 17.8. The van der Waals surface area contributed by atoms with Gasteiger partial charge in [0.1, 0.15) is 0 Å². The van der Waals surface area contributed by atoms with Crippen molar-refractivity contribution < 1.29 is 14.3 Å². The Morgan fingerprint density at radius 1 is 1.03 bits per heavy atom. The van der Waals surface area contributed by atoms with E-state index in [2.05, 4.69) is 47.6 Å². The number of carbonyl (C=O) groups excluding carboxylic acids is 1. The molecule has 0 unspecified atom stereocenters.